The number of hydrogen-bond acceptors (Lipinski definition) is 4. The van der Waals surface area contributed by atoms with Crippen LogP contribution in [0.25, 0.3) is 0 Å². The summed E-state index contributed by atoms with van der Waals surface area (Å²) in [6.07, 6.45) is 0. The van der Waals surface area contributed by atoms with Gasteiger partial charge < -0.3 is 20.1 Å². The maximum absolute atomic E-state index is 11.0. The highest BCUT2D eigenvalue weighted by molar-refractivity contribution is 5.76. The SMILES string of the molecule is CN(C)C(=O)COCCNCC(=O)O. The molecule has 0 aliphatic carbocycles. The van der Waals surface area contributed by atoms with Crippen molar-refractivity contribution in [2.75, 3.05) is 40.4 Å². The average molecular weight is 204 g/mol. The first-order valence-corrected chi connectivity index (χ1v) is 4.24. The van der Waals surface area contributed by atoms with Gasteiger partial charge in [0.05, 0.1) is 13.2 Å². The molecule has 0 bridgehead atoms. The standard InChI is InChI=1S/C8H16N2O4/c1-10(2)7(11)6-14-4-3-9-5-8(12)13/h9H,3-6H2,1-2H3,(H,12,13). The lowest BCUT2D eigenvalue weighted by molar-refractivity contribution is -0.136. The molecule has 0 aliphatic heterocycles. The van der Waals surface area contributed by atoms with Crippen LogP contribution >= 0.6 is 0 Å². The van der Waals surface area contributed by atoms with Crippen molar-refractivity contribution in [2.24, 2.45) is 0 Å². The largest absolute Gasteiger partial charge is 0.480 e. The Morgan fingerprint density at radius 1 is 1.43 bits per heavy atom. The van der Waals surface area contributed by atoms with Gasteiger partial charge in [-0.15, -0.1) is 0 Å². The highest BCUT2D eigenvalue weighted by atomic mass is 16.5. The summed E-state index contributed by atoms with van der Waals surface area (Å²) in [5.74, 6) is -1.02. The molecule has 1 amide bonds. The third-order valence-corrected chi connectivity index (χ3v) is 1.42. The summed E-state index contributed by atoms with van der Waals surface area (Å²) in [5, 5.41) is 10.9. The number of carboxylic acid groups (broad SMARTS) is 1. The molecular weight excluding hydrogens is 188 g/mol. The van der Waals surface area contributed by atoms with Crippen LogP contribution in [0, 0.1) is 0 Å². The quantitative estimate of drug-likeness (QED) is 0.507. The molecule has 2 N–H and O–H groups in total. The molecule has 0 unspecified atom stereocenters. The van der Waals surface area contributed by atoms with Crippen LogP contribution in [-0.4, -0.2) is 62.3 Å². The van der Waals surface area contributed by atoms with Crippen LogP contribution in [0.5, 0.6) is 0 Å². The minimum atomic E-state index is -0.908. The molecule has 0 saturated heterocycles. The van der Waals surface area contributed by atoms with E-state index in [2.05, 4.69) is 5.32 Å². The second-order valence-electron chi connectivity index (χ2n) is 2.91. The molecule has 0 spiro atoms. The van der Waals surface area contributed by atoms with Gasteiger partial charge in [0.25, 0.3) is 0 Å². The van der Waals surface area contributed by atoms with Crippen molar-refractivity contribution in [3.8, 4) is 0 Å². The first-order valence-electron chi connectivity index (χ1n) is 4.24. The van der Waals surface area contributed by atoms with Crippen molar-refractivity contribution in [1.29, 1.82) is 0 Å². The number of rotatable bonds is 7. The van der Waals surface area contributed by atoms with Gasteiger partial charge in [0.2, 0.25) is 5.91 Å². The molecule has 0 atom stereocenters. The molecule has 0 aromatic heterocycles. The van der Waals surface area contributed by atoms with Gasteiger partial charge in [0, 0.05) is 20.6 Å². The summed E-state index contributed by atoms with van der Waals surface area (Å²) < 4.78 is 4.99. The molecule has 0 rings (SSSR count). The summed E-state index contributed by atoms with van der Waals surface area (Å²) in [4.78, 5) is 22.5. The number of carbonyl (C=O) groups is 2. The van der Waals surface area contributed by atoms with Crippen LogP contribution in [0.4, 0.5) is 0 Å². The highest BCUT2D eigenvalue weighted by Gasteiger charge is 2.02. The third kappa shape index (κ3) is 7.51. The van der Waals surface area contributed by atoms with Gasteiger partial charge in [-0.05, 0) is 0 Å². The number of nitrogens with zero attached hydrogens (tertiary/aromatic N) is 1. The van der Waals surface area contributed by atoms with Crippen molar-refractivity contribution in [2.45, 2.75) is 0 Å². The summed E-state index contributed by atoms with van der Waals surface area (Å²) in [6.45, 7) is 0.687. The molecule has 0 aromatic rings. The number of likely N-dealkylation sites (N-methyl/N-ethyl adjacent to an activating group) is 1. The Morgan fingerprint density at radius 2 is 2.07 bits per heavy atom. The predicted molar refractivity (Wildman–Crippen MR) is 50.0 cm³/mol. The summed E-state index contributed by atoms with van der Waals surface area (Å²) in [5.41, 5.74) is 0. The van der Waals surface area contributed by atoms with E-state index in [1.54, 1.807) is 14.1 Å². The van der Waals surface area contributed by atoms with Gasteiger partial charge in [0.15, 0.2) is 0 Å². The van der Waals surface area contributed by atoms with E-state index < -0.39 is 5.97 Å². The Hall–Kier alpha value is -1.14. The number of aliphatic carboxylic acids is 1. The lowest BCUT2D eigenvalue weighted by Gasteiger charge is -2.10. The average Bonchev–Trinajstić information content (AvgIpc) is 2.09. The Labute approximate surface area is 82.8 Å². The van der Waals surface area contributed by atoms with E-state index in [4.69, 9.17) is 9.84 Å². The van der Waals surface area contributed by atoms with Gasteiger partial charge in [-0.2, -0.15) is 0 Å². The van der Waals surface area contributed by atoms with Gasteiger partial charge >= 0.3 is 5.97 Å². The van der Waals surface area contributed by atoms with Crippen molar-refractivity contribution in [1.82, 2.24) is 10.2 Å². The Bertz CT molecular complexity index is 194. The number of amides is 1. The van der Waals surface area contributed by atoms with E-state index in [9.17, 15) is 9.59 Å². The maximum atomic E-state index is 11.0. The van der Waals surface area contributed by atoms with Gasteiger partial charge in [-0.25, -0.2) is 0 Å². The topological polar surface area (TPSA) is 78.9 Å². The van der Waals surface area contributed by atoms with Gasteiger partial charge in [-0.3, -0.25) is 9.59 Å². The number of ether oxygens (including phenoxy) is 1. The lowest BCUT2D eigenvalue weighted by Crippen LogP contribution is -2.29. The normalized spacial score (nSPS) is 9.86. The van der Waals surface area contributed by atoms with E-state index in [1.807, 2.05) is 0 Å². The van der Waals surface area contributed by atoms with Crippen molar-refractivity contribution in [3.05, 3.63) is 0 Å². The zero-order valence-corrected chi connectivity index (χ0v) is 8.45. The molecule has 0 heterocycles. The first-order chi connectivity index (χ1) is 6.54. The van der Waals surface area contributed by atoms with E-state index in [1.165, 1.54) is 4.90 Å². The van der Waals surface area contributed by atoms with E-state index in [-0.39, 0.29) is 19.1 Å². The van der Waals surface area contributed by atoms with Gasteiger partial charge in [0.1, 0.15) is 6.61 Å². The molecule has 0 fully saturated rings. The molecule has 82 valence electrons. The number of hydrogen-bond donors (Lipinski definition) is 2. The van der Waals surface area contributed by atoms with Crippen molar-refractivity contribution < 1.29 is 19.4 Å². The number of carbonyl (C=O) groups excluding carboxylic acids is 1. The molecule has 14 heavy (non-hydrogen) atoms. The lowest BCUT2D eigenvalue weighted by atomic mass is 10.5. The Balaban J connectivity index is 3.22. The minimum absolute atomic E-state index is 0.0295. The van der Waals surface area contributed by atoms with Crippen molar-refractivity contribution >= 4 is 11.9 Å². The fraction of sp³-hybridized carbons (Fsp3) is 0.750. The zero-order valence-electron chi connectivity index (χ0n) is 8.45. The smallest absolute Gasteiger partial charge is 0.317 e. The molecular formula is C8H16N2O4. The van der Waals surface area contributed by atoms with Crippen LogP contribution < -0.4 is 5.32 Å². The van der Waals surface area contributed by atoms with Crippen LogP contribution in [0.15, 0.2) is 0 Å². The zero-order chi connectivity index (χ0) is 11.0. The second-order valence-corrected chi connectivity index (χ2v) is 2.91. The molecule has 0 radical (unpaired) electrons. The molecule has 6 heteroatoms. The summed E-state index contributed by atoms with van der Waals surface area (Å²) in [6, 6.07) is 0. The maximum Gasteiger partial charge on any atom is 0.317 e. The van der Waals surface area contributed by atoms with Crippen LogP contribution in [0.1, 0.15) is 0 Å². The fourth-order valence-corrected chi connectivity index (χ4v) is 0.628. The predicted octanol–water partition coefficient (Wildman–Crippen LogP) is -1.23. The van der Waals surface area contributed by atoms with Gasteiger partial charge in [-0.1, -0.05) is 0 Å². The van der Waals surface area contributed by atoms with Crippen LogP contribution in [0.2, 0.25) is 0 Å². The summed E-state index contributed by atoms with van der Waals surface area (Å²) >= 11 is 0. The number of carboxylic acids is 1. The van der Waals surface area contributed by atoms with E-state index >= 15 is 0 Å². The Morgan fingerprint density at radius 3 is 2.57 bits per heavy atom. The van der Waals surface area contributed by atoms with Crippen LogP contribution in [0.3, 0.4) is 0 Å². The molecule has 0 saturated carbocycles. The second kappa shape index (κ2) is 7.28. The monoisotopic (exact) mass is 204 g/mol. The summed E-state index contributed by atoms with van der Waals surface area (Å²) in [7, 11) is 3.29. The van der Waals surface area contributed by atoms with E-state index in [0.717, 1.165) is 0 Å². The molecule has 0 aliphatic rings. The molecule has 0 aromatic carbocycles. The third-order valence-electron chi connectivity index (χ3n) is 1.42. The fourth-order valence-electron chi connectivity index (χ4n) is 0.628. The highest BCUT2D eigenvalue weighted by Crippen LogP contribution is 1.80. The molecule has 6 nitrogen and oxygen atoms in total. The minimum Gasteiger partial charge on any atom is -0.480 e. The van der Waals surface area contributed by atoms with E-state index in [0.29, 0.717) is 13.2 Å². The first kappa shape index (κ1) is 12.9. The van der Waals surface area contributed by atoms with Crippen molar-refractivity contribution in [3.63, 3.8) is 0 Å². The number of nitrogens with one attached hydrogen (secondary N) is 1. The Kier molecular flexibility index (Phi) is 6.69. The van der Waals surface area contributed by atoms with Crippen LogP contribution in [-0.2, 0) is 14.3 Å².